The van der Waals surface area contributed by atoms with Crippen LogP contribution in [0.1, 0.15) is 50.1 Å². The number of carbonyl (C=O) groups excluding carboxylic acids is 2. The van der Waals surface area contributed by atoms with Gasteiger partial charge >= 0.3 is 6.03 Å². The summed E-state index contributed by atoms with van der Waals surface area (Å²) in [6, 6.07) is 10.1. The minimum atomic E-state index is -0.156. The van der Waals surface area contributed by atoms with E-state index in [9.17, 15) is 9.59 Å². The van der Waals surface area contributed by atoms with Gasteiger partial charge in [-0.1, -0.05) is 49.6 Å². The number of nitrogens with one attached hydrogen (secondary N) is 2. The van der Waals surface area contributed by atoms with Crippen LogP contribution in [-0.4, -0.2) is 62.0 Å². The predicted molar refractivity (Wildman–Crippen MR) is 109 cm³/mol. The van der Waals surface area contributed by atoms with Crippen molar-refractivity contribution in [2.45, 2.75) is 50.6 Å². The Kier molecular flexibility index (Phi) is 8.58. The largest absolute Gasteiger partial charge is 0.353 e. The monoisotopic (exact) mass is 374 g/mol. The number of rotatable bonds is 8. The molecular formula is C21H34N4O2. The molecule has 0 bridgehead atoms. The molecule has 3 amide bonds. The third kappa shape index (κ3) is 7.21. The van der Waals surface area contributed by atoms with Gasteiger partial charge < -0.3 is 20.4 Å². The molecule has 1 atom stereocenters. The lowest BCUT2D eigenvalue weighted by atomic mass is 9.95. The highest BCUT2D eigenvalue weighted by Gasteiger charge is 2.22. The maximum absolute atomic E-state index is 12.6. The number of hydrogen-bond donors (Lipinski definition) is 2. The van der Waals surface area contributed by atoms with Crippen molar-refractivity contribution in [1.82, 2.24) is 20.4 Å². The first kappa shape index (κ1) is 21.2. The number of nitrogens with zero attached hydrogens (tertiary/aromatic N) is 2. The molecule has 1 aliphatic carbocycles. The number of urea groups is 1. The van der Waals surface area contributed by atoms with E-state index < -0.39 is 0 Å². The summed E-state index contributed by atoms with van der Waals surface area (Å²) in [7, 11) is 5.80. The van der Waals surface area contributed by atoms with Crippen LogP contribution in [0.3, 0.4) is 0 Å². The Morgan fingerprint density at radius 3 is 2.37 bits per heavy atom. The van der Waals surface area contributed by atoms with Crippen LogP contribution < -0.4 is 10.6 Å². The highest BCUT2D eigenvalue weighted by Crippen LogP contribution is 2.20. The molecule has 0 spiro atoms. The smallest absolute Gasteiger partial charge is 0.317 e. The first-order valence-electron chi connectivity index (χ1n) is 9.97. The van der Waals surface area contributed by atoms with Crippen LogP contribution in [0, 0.1) is 0 Å². The zero-order chi connectivity index (χ0) is 19.6. The second-order valence-corrected chi connectivity index (χ2v) is 7.68. The van der Waals surface area contributed by atoms with E-state index in [2.05, 4.69) is 15.5 Å². The van der Waals surface area contributed by atoms with Crippen molar-refractivity contribution < 1.29 is 9.59 Å². The number of hydrogen-bond acceptors (Lipinski definition) is 3. The molecule has 2 rings (SSSR count). The normalized spacial score (nSPS) is 16.0. The average molecular weight is 375 g/mol. The molecular weight excluding hydrogens is 340 g/mol. The number of likely N-dealkylation sites (N-methyl/N-ethyl adjacent to an activating group) is 2. The maximum atomic E-state index is 12.6. The molecule has 6 nitrogen and oxygen atoms in total. The van der Waals surface area contributed by atoms with Crippen molar-refractivity contribution in [3.05, 3.63) is 35.9 Å². The zero-order valence-corrected chi connectivity index (χ0v) is 16.9. The molecule has 1 saturated carbocycles. The molecule has 0 radical (unpaired) electrons. The molecule has 0 saturated heterocycles. The summed E-state index contributed by atoms with van der Waals surface area (Å²) in [4.78, 5) is 28.4. The van der Waals surface area contributed by atoms with Crippen molar-refractivity contribution in [1.29, 1.82) is 0 Å². The Morgan fingerprint density at radius 2 is 1.74 bits per heavy atom. The van der Waals surface area contributed by atoms with Crippen LogP contribution in [0.4, 0.5) is 4.79 Å². The number of carbonyl (C=O) groups is 2. The molecule has 0 aliphatic heterocycles. The van der Waals surface area contributed by atoms with Gasteiger partial charge in [0.25, 0.3) is 0 Å². The van der Waals surface area contributed by atoms with Gasteiger partial charge in [-0.3, -0.25) is 4.79 Å². The van der Waals surface area contributed by atoms with E-state index in [1.165, 1.54) is 19.3 Å². The van der Waals surface area contributed by atoms with Gasteiger partial charge in [0, 0.05) is 32.6 Å². The highest BCUT2D eigenvalue weighted by molar-refractivity contribution is 5.78. The Balaban J connectivity index is 1.81. The molecule has 1 aromatic carbocycles. The third-order valence-electron chi connectivity index (χ3n) is 5.11. The Labute approximate surface area is 163 Å². The lowest BCUT2D eigenvalue weighted by Gasteiger charge is -2.31. The van der Waals surface area contributed by atoms with Crippen LogP contribution in [0.15, 0.2) is 30.3 Å². The zero-order valence-electron chi connectivity index (χ0n) is 16.9. The van der Waals surface area contributed by atoms with E-state index in [0.29, 0.717) is 19.0 Å². The summed E-state index contributed by atoms with van der Waals surface area (Å²) in [5.74, 6) is 0.0257. The molecule has 1 aliphatic rings. The van der Waals surface area contributed by atoms with E-state index in [4.69, 9.17) is 0 Å². The van der Waals surface area contributed by atoms with Crippen LogP contribution >= 0.6 is 0 Å². The van der Waals surface area contributed by atoms with Crippen molar-refractivity contribution in [2.24, 2.45) is 0 Å². The van der Waals surface area contributed by atoms with Gasteiger partial charge in [-0.05, 0) is 32.5 Å². The topological polar surface area (TPSA) is 64.7 Å². The third-order valence-corrected chi connectivity index (χ3v) is 5.11. The fourth-order valence-electron chi connectivity index (χ4n) is 3.57. The predicted octanol–water partition coefficient (Wildman–Crippen LogP) is 2.77. The van der Waals surface area contributed by atoms with Crippen LogP contribution in [0.2, 0.25) is 0 Å². The highest BCUT2D eigenvalue weighted by atomic mass is 16.2. The first-order chi connectivity index (χ1) is 13.0. The van der Waals surface area contributed by atoms with Gasteiger partial charge in [0.15, 0.2) is 0 Å². The quantitative estimate of drug-likeness (QED) is 0.735. The Bertz CT molecular complexity index is 585. The van der Waals surface area contributed by atoms with Gasteiger partial charge in [0.1, 0.15) is 0 Å². The second-order valence-electron chi connectivity index (χ2n) is 7.68. The molecule has 0 heterocycles. The van der Waals surface area contributed by atoms with Crippen molar-refractivity contribution >= 4 is 11.9 Å². The lowest BCUT2D eigenvalue weighted by molar-refractivity contribution is -0.121. The molecule has 1 aromatic rings. The van der Waals surface area contributed by atoms with Gasteiger partial charge in [-0.25, -0.2) is 4.79 Å². The summed E-state index contributed by atoms with van der Waals surface area (Å²) in [6.45, 7) is 1.08. The van der Waals surface area contributed by atoms with E-state index >= 15 is 0 Å². The van der Waals surface area contributed by atoms with Crippen LogP contribution in [0.25, 0.3) is 0 Å². The standard InChI is InChI=1S/C21H34N4O2/c1-24(2)16-19(17-10-6-4-7-11-17)25(3)21(27)22-15-14-20(26)23-18-12-8-5-9-13-18/h4,6-7,10-11,18-19H,5,8-9,12-16H2,1-3H3,(H,22,27)(H,23,26)/t19-/m0/s1. The molecule has 0 aromatic heterocycles. The van der Waals surface area contributed by atoms with E-state index in [0.717, 1.165) is 24.9 Å². The summed E-state index contributed by atoms with van der Waals surface area (Å²) in [5.41, 5.74) is 1.10. The van der Waals surface area contributed by atoms with Gasteiger partial charge in [0.2, 0.25) is 5.91 Å². The van der Waals surface area contributed by atoms with Gasteiger partial charge in [-0.15, -0.1) is 0 Å². The van der Waals surface area contributed by atoms with Crippen molar-refractivity contribution in [3.63, 3.8) is 0 Å². The van der Waals surface area contributed by atoms with Crippen molar-refractivity contribution in [2.75, 3.05) is 34.2 Å². The summed E-state index contributed by atoms with van der Waals surface area (Å²) >= 11 is 0. The second kappa shape index (κ2) is 10.9. The first-order valence-corrected chi connectivity index (χ1v) is 9.97. The van der Waals surface area contributed by atoms with Gasteiger partial charge in [0.05, 0.1) is 6.04 Å². The molecule has 27 heavy (non-hydrogen) atoms. The van der Waals surface area contributed by atoms with E-state index in [-0.39, 0.29) is 18.0 Å². The number of benzene rings is 1. The fraction of sp³-hybridized carbons (Fsp3) is 0.619. The molecule has 1 fully saturated rings. The van der Waals surface area contributed by atoms with Gasteiger partial charge in [-0.2, -0.15) is 0 Å². The molecule has 6 heteroatoms. The van der Waals surface area contributed by atoms with E-state index in [1.807, 2.05) is 44.4 Å². The maximum Gasteiger partial charge on any atom is 0.317 e. The molecule has 0 unspecified atom stereocenters. The Morgan fingerprint density at radius 1 is 1.07 bits per heavy atom. The van der Waals surface area contributed by atoms with E-state index in [1.54, 1.807) is 11.9 Å². The molecule has 2 N–H and O–H groups in total. The Hall–Kier alpha value is -2.08. The fourth-order valence-corrected chi connectivity index (χ4v) is 3.57. The van der Waals surface area contributed by atoms with Crippen LogP contribution in [0.5, 0.6) is 0 Å². The minimum absolute atomic E-state index is 0.0257. The SMILES string of the molecule is CN(C)C[C@@H](c1ccccc1)N(C)C(=O)NCCC(=O)NC1CCCCC1. The molecule has 150 valence electrons. The summed E-state index contributed by atoms with van der Waals surface area (Å²) < 4.78 is 0. The lowest BCUT2D eigenvalue weighted by Crippen LogP contribution is -2.44. The number of amides is 3. The van der Waals surface area contributed by atoms with Crippen molar-refractivity contribution in [3.8, 4) is 0 Å². The average Bonchev–Trinajstić information content (AvgIpc) is 2.66. The van der Waals surface area contributed by atoms with Crippen LogP contribution in [-0.2, 0) is 4.79 Å². The minimum Gasteiger partial charge on any atom is -0.353 e. The summed E-state index contributed by atoms with van der Waals surface area (Å²) in [5, 5.41) is 5.97. The summed E-state index contributed by atoms with van der Waals surface area (Å²) in [6.07, 6.45) is 6.12.